The van der Waals surface area contributed by atoms with Crippen LogP contribution in [-0.2, 0) is 6.54 Å². The van der Waals surface area contributed by atoms with Crippen LogP contribution in [-0.4, -0.2) is 18.6 Å². The second-order valence-electron chi connectivity index (χ2n) is 4.65. The maximum absolute atomic E-state index is 12.0. The van der Waals surface area contributed by atoms with Crippen LogP contribution in [0, 0.1) is 0 Å². The summed E-state index contributed by atoms with van der Waals surface area (Å²) < 4.78 is 36.1. The number of quaternary nitrogens is 1. The molecule has 5 N–H and O–H groups in total. The Morgan fingerprint density at radius 1 is 1.21 bits per heavy atom. The van der Waals surface area contributed by atoms with E-state index in [4.69, 9.17) is 0 Å². The molecular weight excluding hydrogens is 475 g/mol. The van der Waals surface area contributed by atoms with Gasteiger partial charge in [-0.25, -0.2) is 0 Å². The zero-order chi connectivity index (χ0) is 16.2. The van der Waals surface area contributed by atoms with Crippen LogP contribution >= 0.6 is 11.3 Å². The van der Waals surface area contributed by atoms with E-state index in [0.29, 0.717) is 12.1 Å². The van der Waals surface area contributed by atoms with Gasteiger partial charge in [-0.1, -0.05) is 11.3 Å². The molecule has 0 aliphatic rings. The Hall–Kier alpha value is -0.970. The zero-order valence-electron chi connectivity index (χ0n) is 12.4. The van der Waals surface area contributed by atoms with Crippen LogP contribution in [0.25, 0.3) is 11.3 Å². The normalized spacial score (nSPS) is 10.5. The van der Waals surface area contributed by atoms with E-state index in [2.05, 4.69) is 16.0 Å². The SMILES string of the molecule is [Br-].[Br-].[NH3+]Cc1[nH+]c(-c2ccc(C(=O)NCCC(F)(F)F)cc2)cs1. The number of thiazole rings is 1. The minimum Gasteiger partial charge on any atom is -1.00 e. The maximum atomic E-state index is 12.0. The number of aromatic amines is 1. The van der Waals surface area contributed by atoms with E-state index in [-0.39, 0.29) is 34.0 Å². The molecule has 10 heteroatoms. The molecule has 1 heterocycles. The van der Waals surface area contributed by atoms with Crippen molar-refractivity contribution in [2.45, 2.75) is 19.1 Å². The summed E-state index contributed by atoms with van der Waals surface area (Å²) in [5.41, 5.74) is 5.95. The Kier molecular flexibility index (Phi) is 9.71. The highest BCUT2D eigenvalue weighted by molar-refractivity contribution is 7.09. The average Bonchev–Trinajstić information content (AvgIpc) is 2.95. The largest absolute Gasteiger partial charge is 1.00 e. The van der Waals surface area contributed by atoms with E-state index < -0.39 is 25.0 Å². The molecule has 0 aliphatic heterocycles. The van der Waals surface area contributed by atoms with Gasteiger partial charge in [0.2, 0.25) is 5.69 Å². The molecule has 0 saturated heterocycles. The van der Waals surface area contributed by atoms with E-state index in [1.807, 2.05) is 5.38 Å². The zero-order valence-corrected chi connectivity index (χ0v) is 16.4. The van der Waals surface area contributed by atoms with Crippen molar-refractivity contribution in [3.8, 4) is 11.3 Å². The van der Waals surface area contributed by atoms with Crippen LogP contribution in [0.15, 0.2) is 29.6 Å². The Balaban J connectivity index is 0.00000264. The molecule has 0 atom stereocenters. The number of hydrogen-bond acceptors (Lipinski definition) is 2. The maximum Gasteiger partial charge on any atom is 0.390 e. The molecule has 0 fully saturated rings. The van der Waals surface area contributed by atoms with Crippen LogP contribution in [0.1, 0.15) is 21.8 Å². The number of nitrogens with one attached hydrogen (secondary N) is 2. The summed E-state index contributed by atoms with van der Waals surface area (Å²) in [6.45, 7) is 0.250. The molecule has 2 rings (SSSR count). The summed E-state index contributed by atoms with van der Waals surface area (Å²) in [4.78, 5) is 14.9. The van der Waals surface area contributed by atoms with Crippen LogP contribution in [0.4, 0.5) is 13.2 Å². The Bertz CT molecular complexity index is 647. The summed E-state index contributed by atoms with van der Waals surface area (Å²) in [6, 6.07) is 6.69. The fourth-order valence-corrected chi connectivity index (χ4v) is 2.56. The number of rotatable bonds is 5. The van der Waals surface area contributed by atoms with Crippen molar-refractivity contribution < 1.29 is 62.6 Å². The van der Waals surface area contributed by atoms with Crippen LogP contribution < -0.4 is 50.0 Å². The highest BCUT2D eigenvalue weighted by Crippen LogP contribution is 2.19. The lowest BCUT2D eigenvalue weighted by Crippen LogP contribution is -3.00. The van der Waals surface area contributed by atoms with Crippen molar-refractivity contribution in [3.63, 3.8) is 0 Å². The van der Waals surface area contributed by atoms with Gasteiger partial charge in [0.05, 0.1) is 11.8 Å². The van der Waals surface area contributed by atoms with Gasteiger partial charge in [-0.15, -0.1) is 0 Å². The summed E-state index contributed by atoms with van der Waals surface area (Å²) in [5.74, 6) is -0.511. The van der Waals surface area contributed by atoms with Crippen molar-refractivity contribution in [3.05, 3.63) is 40.2 Å². The van der Waals surface area contributed by atoms with Crippen molar-refractivity contribution >= 4 is 17.2 Å². The fraction of sp³-hybridized carbons (Fsp3) is 0.286. The number of alkyl halides is 3. The molecule has 24 heavy (non-hydrogen) atoms. The van der Waals surface area contributed by atoms with Gasteiger partial charge >= 0.3 is 6.18 Å². The topological polar surface area (TPSA) is 70.9 Å². The van der Waals surface area contributed by atoms with Crippen molar-refractivity contribution in [2.24, 2.45) is 0 Å². The van der Waals surface area contributed by atoms with Gasteiger partial charge in [0.1, 0.15) is 0 Å². The number of amides is 1. The average molecular weight is 491 g/mol. The molecule has 0 bridgehead atoms. The highest BCUT2D eigenvalue weighted by Gasteiger charge is 2.26. The standard InChI is InChI=1S/C14H14F3N3OS.2BrH/c15-14(16,17)5-6-19-13(21)10-3-1-9(2-4-10)11-8-22-12(7-18)20-11;;/h1-4,8H,5-7,18H2,(H,19,21);2*1H. The number of carbonyl (C=O) groups excluding carboxylic acids is 1. The lowest BCUT2D eigenvalue weighted by molar-refractivity contribution is -0.445. The second-order valence-corrected chi connectivity index (χ2v) is 5.61. The predicted octanol–water partition coefficient (Wildman–Crippen LogP) is -4.34. The third kappa shape index (κ3) is 6.88. The molecule has 0 spiro atoms. The molecule has 0 aliphatic carbocycles. The molecule has 0 saturated carbocycles. The minimum absolute atomic E-state index is 0. The van der Waals surface area contributed by atoms with E-state index in [1.54, 1.807) is 35.6 Å². The number of hydrogen-bond donors (Lipinski definition) is 2. The second kappa shape index (κ2) is 10.1. The Morgan fingerprint density at radius 3 is 2.33 bits per heavy atom. The van der Waals surface area contributed by atoms with Gasteiger partial charge in [0.25, 0.3) is 10.9 Å². The molecular formula is C14H16Br2F3N3OS. The molecule has 1 aromatic carbocycles. The lowest BCUT2D eigenvalue weighted by atomic mass is 10.1. The van der Waals surface area contributed by atoms with Crippen molar-refractivity contribution in [1.29, 1.82) is 0 Å². The van der Waals surface area contributed by atoms with E-state index in [1.165, 1.54) is 0 Å². The smallest absolute Gasteiger partial charge is 0.390 e. The molecule has 0 unspecified atom stereocenters. The van der Waals surface area contributed by atoms with Crippen molar-refractivity contribution in [1.82, 2.24) is 5.32 Å². The Labute approximate surface area is 162 Å². The lowest BCUT2D eigenvalue weighted by Gasteiger charge is -2.07. The quantitative estimate of drug-likeness (QED) is 0.437. The van der Waals surface area contributed by atoms with Crippen LogP contribution in [0.5, 0.6) is 0 Å². The number of H-pyrrole nitrogens is 1. The molecule has 4 nitrogen and oxygen atoms in total. The van der Waals surface area contributed by atoms with Gasteiger partial charge in [-0.05, 0) is 24.3 Å². The molecule has 0 radical (unpaired) electrons. The van der Waals surface area contributed by atoms with Gasteiger partial charge in [0.15, 0.2) is 6.54 Å². The molecule has 1 amide bonds. The first kappa shape index (κ1) is 23.0. The van der Waals surface area contributed by atoms with Crippen LogP contribution in [0.2, 0.25) is 0 Å². The van der Waals surface area contributed by atoms with E-state index in [0.717, 1.165) is 16.3 Å². The number of carbonyl (C=O) groups is 1. The predicted molar refractivity (Wildman–Crippen MR) is 75.9 cm³/mol. The van der Waals surface area contributed by atoms with Gasteiger partial charge in [-0.3, -0.25) is 4.79 Å². The summed E-state index contributed by atoms with van der Waals surface area (Å²) in [5, 5.41) is 5.26. The fourth-order valence-electron chi connectivity index (χ4n) is 1.82. The Morgan fingerprint density at radius 2 is 1.83 bits per heavy atom. The van der Waals surface area contributed by atoms with E-state index >= 15 is 0 Å². The summed E-state index contributed by atoms with van der Waals surface area (Å²) >= 11 is 1.56. The number of benzene rings is 1. The van der Waals surface area contributed by atoms with Crippen LogP contribution in [0.3, 0.4) is 0 Å². The monoisotopic (exact) mass is 489 g/mol. The van der Waals surface area contributed by atoms with Gasteiger partial charge in [-0.2, -0.15) is 18.2 Å². The minimum atomic E-state index is -4.27. The highest BCUT2D eigenvalue weighted by atomic mass is 79.9. The first-order valence-corrected chi connectivity index (χ1v) is 7.51. The molecule has 134 valence electrons. The molecule has 1 aromatic heterocycles. The van der Waals surface area contributed by atoms with Crippen molar-refractivity contribution in [2.75, 3.05) is 6.54 Å². The van der Waals surface area contributed by atoms with E-state index in [9.17, 15) is 18.0 Å². The van der Waals surface area contributed by atoms with Gasteiger partial charge < -0.3 is 45.0 Å². The number of halogens is 5. The first-order valence-electron chi connectivity index (χ1n) is 6.63. The number of aromatic nitrogens is 1. The molecule has 2 aromatic rings. The summed E-state index contributed by atoms with van der Waals surface area (Å²) in [6.07, 6.45) is -5.30. The first-order chi connectivity index (χ1) is 10.4. The third-order valence-corrected chi connectivity index (χ3v) is 3.92. The van der Waals surface area contributed by atoms with Gasteiger partial charge in [0, 0.05) is 17.7 Å². The summed E-state index contributed by atoms with van der Waals surface area (Å²) in [7, 11) is 0. The third-order valence-electron chi connectivity index (χ3n) is 2.97.